The van der Waals surface area contributed by atoms with E-state index in [1.54, 1.807) is 11.3 Å². The third-order valence-corrected chi connectivity index (χ3v) is 3.86. The van der Waals surface area contributed by atoms with Crippen molar-refractivity contribution in [1.29, 1.82) is 0 Å². The molecule has 0 radical (unpaired) electrons. The molecule has 17 heavy (non-hydrogen) atoms. The third kappa shape index (κ3) is 3.63. The van der Waals surface area contributed by atoms with Gasteiger partial charge in [-0.25, -0.2) is 4.98 Å². The van der Waals surface area contributed by atoms with Gasteiger partial charge in [-0.1, -0.05) is 35.0 Å². The number of halogens is 1. The van der Waals surface area contributed by atoms with Crippen LogP contribution in [-0.2, 0) is 6.54 Å². The molecule has 0 aliphatic carbocycles. The average Bonchev–Trinajstić information content (AvgIpc) is 2.85. The number of hydrogen-bond acceptors (Lipinski definition) is 3. The molecular weight excluding hydrogens is 296 g/mol. The summed E-state index contributed by atoms with van der Waals surface area (Å²) in [5.41, 5.74) is 4.31. The van der Waals surface area contributed by atoms with Crippen molar-refractivity contribution in [2.75, 3.05) is 0 Å². The van der Waals surface area contributed by atoms with E-state index >= 15 is 0 Å². The maximum absolute atomic E-state index is 4.28. The van der Waals surface area contributed by atoms with Crippen molar-refractivity contribution in [3.8, 4) is 0 Å². The second kappa shape index (κ2) is 6.28. The van der Waals surface area contributed by atoms with Crippen molar-refractivity contribution in [3.05, 3.63) is 50.9 Å². The van der Waals surface area contributed by atoms with Crippen LogP contribution in [0.15, 0.2) is 39.6 Å². The average molecular weight is 311 g/mol. The molecule has 1 aromatic carbocycles. The fraction of sp³-hybridized carbons (Fsp3) is 0.308. The maximum atomic E-state index is 4.28. The zero-order valence-corrected chi connectivity index (χ0v) is 12.1. The van der Waals surface area contributed by atoms with Crippen molar-refractivity contribution in [2.24, 2.45) is 0 Å². The Morgan fingerprint density at radius 1 is 1.35 bits per heavy atom. The highest BCUT2D eigenvalue weighted by molar-refractivity contribution is 9.10. The fourth-order valence-corrected chi connectivity index (χ4v) is 2.57. The van der Waals surface area contributed by atoms with Gasteiger partial charge < -0.3 is 5.32 Å². The summed E-state index contributed by atoms with van der Waals surface area (Å²) in [6, 6.07) is 8.88. The summed E-state index contributed by atoms with van der Waals surface area (Å²) in [5.74, 6) is 0. The van der Waals surface area contributed by atoms with E-state index < -0.39 is 0 Å². The number of benzene rings is 1. The van der Waals surface area contributed by atoms with Crippen LogP contribution in [0.4, 0.5) is 0 Å². The lowest BCUT2D eigenvalue weighted by Crippen LogP contribution is -2.20. The monoisotopic (exact) mass is 310 g/mol. The predicted molar refractivity (Wildman–Crippen MR) is 76.1 cm³/mol. The lowest BCUT2D eigenvalue weighted by atomic mass is 10.0. The Hall–Kier alpha value is -0.710. The Bertz CT molecular complexity index is 439. The summed E-state index contributed by atoms with van der Waals surface area (Å²) in [4.78, 5) is 4.28. The normalized spacial score (nSPS) is 12.6. The minimum atomic E-state index is 0.393. The predicted octanol–water partition coefficient (Wildman–Crippen LogP) is 4.15. The molecule has 0 aliphatic rings. The molecule has 1 unspecified atom stereocenters. The summed E-state index contributed by atoms with van der Waals surface area (Å²) in [6.45, 7) is 3.03. The van der Waals surface area contributed by atoms with Crippen LogP contribution >= 0.6 is 27.3 Å². The molecule has 1 N–H and O–H groups in total. The highest BCUT2D eigenvalue weighted by atomic mass is 79.9. The quantitative estimate of drug-likeness (QED) is 0.897. The first-order chi connectivity index (χ1) is 8.29. The number of hydrogen-bond donors (Lipinski definition) is 1. The summed E-state index contributed by atoms with van der Waals surface area (Å²) >= 11 is 5.10. The zero-order valence-electron chi connectivity index (χ0n) is 9.69. The Balaban J connectivity index is 1.99. The zero-order chi connectivity index (χ0) is 12.1. The standard InChI is InChI=1S/C13H15BrN2S/c1-2-13(10-3-5-11(14)6-4-10)15-7-12-8-17-9-16-12/h3-6,8-9,13,15H,2,7H2,1H3. The smallest absolute Gasteiger partial charge is 0.0795 e. The number of nitrogens with zero attached hydrogens (tertiary/aromatic N) is 1. The molecular formula is C13H15BrN2S. The van der Waals surface area contributed by atoms with Crippen molar-refractivity contribution in [1.82, 2.24) is 10.3 Å². The number of thiazole rings is 1. The van der Waals surface area contributed by atoms with Gasteiger partial charge in [0, 0.05) is 22.4 Å². The first-order valence-corrected chi connectivity index (χ1v) is 7.39. The minimum absolute atomic E-state index is 0.393. The molecule has 2 nitrogen and oxygen atoms in total. The Kier molecular flexibility index (Phi) is 4.71. The van der Waals surface area contributed by atoms with Crippen LogP contribution in [-0.4, -0.2) is 4.98 Å². The fourth-order valence-electron chi connectivity index (χ4n) is 1.75. The molecule has 0 bridgehead atoms. The van der Waals surface area contributed by atoms with Gasteiger partial charge in [-0.2, -0.15) is 0 Å². The first kappa shape index (κ1) is 12.7. The molecule has 2 rings (SSSR count). The lowest BCUT2D eigenvalue weighted by molar-refractivity contribution is 0.515. The topological polar surface area (TPSA) is 24.9 Å². The van der Waals surface area contributed by atoms with Gasteiger partial charge in [0.1, 0.15) is 0 Å². The summed E-state index contributed by atoms with van der Waals surface area (Å²) in [5, 5.41) is 5.62. The Labute approximate surface area is 114 Å². The molecule has 0 fully saturated rings. The van der Waals surface area contributed by atoms with Crippen LogP contribution in [0, 0.1) is 0 Å². The Morgan fingerprint density at radius 3 is 2.71 bits per heavy atom. The van der Waals surface area contributed by atoms with Gasteiger partial charge in [-0.15, -0.1) is 11.3 Å². The molecule has 1 heterocycles. The summed E-state index contributed by atoms with van der Waals surface area (Å²) in [6.07, 6.45) is 1.08. The van der Waals surface area contributed by atoms with Crippen molar-refractivity contribution < 1.29 is 0 Å². The molecule has 2 aromatic rings. The summed E-state index contributed by atoms with van der Waals surface area (Å²) < 4.78 is 1.12. The number of nitrogens with one attached hydrogen (secondary N) is 1. The molecule has 0 aliphatic heterocycles. The maximum Gasteiger partial charge on any atom is 0.0795 e. The lowest BCUT2D eigenvalue weighted by Gasteiger charge is -2.16. The van der Waals surface area contributed by atoms with Crippen LogP contribution in [0.2, 0.25) is 0 Å². The summed E-state index contributed by atoms with van der Waals surface area (Å²) in [7, 11) is 0. The number of aromatic nitrogens is 1. The van der Waals surface area contributed by atoms with Crippen molar-refractivity contribution in [3.63, 3.8) is 0 Å². The number of rotatable bonds is 5. The molecule has 0 saturated heterocycles. The van der Waals surface area contributed by atoms with Crippen LogP contribution in [0.1, 0.15) is 30.6 Å². The van der Waals surface area contributed by atoms with E-state index in [1.165, 1.54) is 5.56 Å². The molecule has 90 valence electrons. The van der Waals surface area contributed by atoms with Gasteiger partial charge in [0.2, 0.25) is 0 Å². The van der Waals surface area contributed by atoms with Crippen LogP contribution in [0.3, 0.4) is 0 Å². The highest BCUT2D eigenvalue weighted by Gasteiger charge is 2.08. The van der Waals surface area contributed by atoms with Crippen molar-refractivity contribution in [2.45, 2.75) is 25.9 Å². The van der Waals surface area contributed by atoms with Crippen LogP contribution < -0.4 is 5.32 Å². The molecule has 1 atom stereocenters. The van der Waals surface area contributed by atoms with Gasteiger partial charge in [0.05, 0.1) is 11.2 Å². The van der Waals surface area contributed by atoms with Crippen LogP contribution in [0.25, 0.3) is 0 Å². The van der Waals surface area contributed by atoms with E-state index in [1.807, 2.05) is 5.51 Å². The van der Waals surface area contributed by atoms with E-state index in [0.717, 1.165) is 23.1 Å². The SMILES string of the molecule is CCC(NCc1cscn1)c1ccc(Br)cc1. The second-order valence-electron chi connectivity index (χ2n) is 3.87. The van der Waals surface area contributed by atoms with E-state index in [0.29, 0.717) is 6.04 Å². The van der Waals surface area contributed by atoms with E-state index in [-0.39, 0.29) is 0 Å². The van der Waals surface area contributed by atoms with Gasteiger partial charge in [-0.05, 0) is 24.1 Å². The van der Waals surface area contributed by atoms with Gasteiger partial charge in [0.15, 0.2) is 0 Å². The van der Waals surface area contributed by atoms with Gasteiger partial charge in [0.25, 0.3) is 0 Å². The van der Waals surface area contributed by atoms with Gasteiger partial charge >= 0.3 is 0 Å². The van der Waals surface area contributed by atoms with Gasteiger partial charge in [-0.3, -0.25) is 0 Å². The van der Waals surface area contributed by atoms with Crippen molar-refractivity contribution >= 4 is 27.3 Å². The highest BCUT2D eigenvalue weighted by Crippen LogP contribution is 2.19. The molecule has 0 saturated carbocycles. The van der Waals surface area contributed by atoms with E-state index in [2.05, 4.69) is 62.8 Å². The third-order valence-electron chi connectivity index (χ3n) is 2.69. The van der Waals surface area contributed by atoms with E-state index in [4.69, 9.17) is 0 Å². The molecule has 1 aromatic heterocycles. The second-order valence-corrected chi connectivity index (χ2v) is 5.51. The molecule has 0 amide bonds. The Morgan fingerprint density at radius 2 is 2.12 bits per heavy atom. The van der Waals surface area contributed by atoms with Crippen LogP contribution in [0.5, 0.6) is 0 Å². The van der Waals surface area contributed by atoms with E-state index in [9.17, 15) is 0 Å². The minimum Gasteiger partial charge on any atom is -0.304 e. The largest absolute Gasteiger partial charge is 0.304 e. The first-order valence-electron chi connectivity index (χ1n) is 5.65. The molecule has 4 heteroatoms. The molecule has 0 spiro atoms.